The van der Waals surface area contributed by atoms with Crippen molar-refractivity contribution < 1.29 is 29.1 Å². The van der Waals surface area contributed by atoms with Crippen molar-refractivity contribution in [3.63, 3.8) is 0 Å². The van der Waals surface area contributed by atoms with E-state index in [-0.39, 0.29) is 17.9 Å². The number of hydrogen-bond acceptors (Lipinski definition) is 8. The van der Waals surface area contributed by atoms with Crippen LogP contribution in [0.3, 0.4) is 0 Å². The van der Waals surface area contributed by atoms with E-state index in [4.69, 9.17) is 16.6 Å². The summed E-state index contributed by atoms with van der Waals surface area (Å²) in [5.74, 6) is -4.96. The number of carboxylic acids is 1. The average Bonchev–Trinajstić information content (AvgIpc) is 2.74. The molecule has 0 fully saturated rings. The third-order valence-corrected chi connectivity index (χ3v) is 5.02. The highest BCUT2D eigenvalue weighted by Gasteiger charge is 2.30. The summed E-state index contributed by atoms with van der Waals surface area (Å²) in [5, 5.41) is 15.9. The summed E-state index contributed by atoms with van der Waals surface area (Å²) in [6.45, 7) is 0. The zero-order valence-electron chi connectivity index (χ0n) is 17.1. The van der Waals surface area contributed by atoms with E-state index in [1.807, 2.05) is 6.07 Å². The maximum atomic E-state index is 12.6. The minimum absolute atomic E-state index is 0.130. The molecule has 1 rings (SSSR count). The van der Waals surface area contributed by atoms with Gasteiger partial charge in [0.15, 0.2) is 0 Å². The highest BCUT2D eigenvalue weighted by atomic mass is 32.1. The van der Waals surface area contributed by atoms with Gasteiger partial charge in [-0.2, -0.15) is 25.3 Å². The minimum Gasteiger partial charge on any atom is -0.480 e. The van der Waals surface area contributed by atoms with Gasteiger partial charge in [0.2, 0.25) is 23.6 Å². The molecular weight excluding hydrogens is 458 g/mol. The smallest absolute Gasteiger partial charge is 0.327 e. The third-order valence-electron chi connectivity index (χ3n) is 4.29. The molecule has 176 valence electrons. The lowest BCUT2D eigenvalue weighted by molar-refractivity contribution is -0.141. The van der Waals surface area contributed by atoms with Crippen LogP contribution in [0, 0.1) is 0 Å². The Kier molecular flexibility index (Phi) is 11.6. The zero-order chi connectivity index (χ0) is 24.3. The van der Waals surface area contributed by atoms with Crippen LogP contribution in [0.1, 0.15) is 12.0 Å². The molecule has 1 aromatic carbocycles. The maximum Gasteiger partial charge on any atom is 0.327 e. The van der Waals surface area contributed by atoms with Crippen molar-refractivity contribution >= 4 is 54.9 Å². The molecule has 4 unspecified atom stereocenters. The van der Waals surface area contributed by atoms with Gasteiger partial charge in [-0.15, -0.1) is 0 Å². The first-order chi connectivity index (χ1) is 15.1. The number of benzene rings is 1. The Balaban J connectivity index is 2.80. The lowest BCUT2D eigenvalue weighted by Crippen LogP contribution is -2.58. The van der Waals surface area contributed by atoms with Gasteiger partial charge in [-0.05, 0) is 12.0 Å². The topological polar surface area (TPSA) is 194 Å². The largest absolute Gasteiger partial charge is 0.480 e. The first-order valence-corrected chi connectivity index (χ1v) is 10.8. The molecule has 0 aliphatic heterocycles. The molecule has 4 atom stereocenters. The Morgan fingerprint density at radius 1 is 0.844 bits per heavy atom. The number of amides is 4. The second kappa shape index (κ2) is 13.6. The third kappa shape index (κ3) is 9.16. The highest BCUT2D eigenvalue weighted by molar-refractivity contribution is 7.80. The van der Waals surface area contributed by atoms with E-state index in [0.717, 1.165) is 5.56 Å². The van der Waals surface area contributed by atoms with Gasteiger partial charge in [0.25, 0.3) is 0 Å². The molecule has 0 aliphatic rings. The van der Waals surface area contributed by atoms with E-state index in [2.05, 4.69) is 41.2 Å². The van der Waals surface area contributed by atoms with Gasteiger partial charge in [-0.1, -0.05) is 30.3 Å². The molecule has 4 amide bonds. The first-order valence-electron chi connectivity index (χ1n) is 9.52. The van der Waals surface area contributed by atoms with E-state index in [9.17, 15) is 24.0 Å². The van der Waals surface area contributed by atoms with Crippen LogP contribution in [-0.2, 0) is 30.4 Å². The summed E-state index contributed by atoms with van der Waals surface area (Å²) in [7, 11) is 0. The van der Waals surface area contributed by atoms with Crippen LogP contribution in [0.5, 0.6) is 0 Å². The van der Waals surface area contributed by atoms with E-state index in [1.165, 1.54) is 0 Å². The van der Waals surface area contributed by atoms with Crippen LogP contribution < -0.4 is 27.4 Å². The molecule has 1 aromatic rings. The Morgan fingerprint density at radius 2 is 1.34 bits per heavy atom. The Labute approximate surface area is 195 Å². The standard InChI is InChI=1S/C19H27N5O6S2/c20-11(6-10-4-2-1-3-5-10)16(26)23-13(8-31)18(28)22-12(7-15(21)25)17(27)24-14(9-32)19(29)30/h1-5,11-14,31-32H,6-9,20H2,(H2,21,25)(H,22,28)(H,23,26)(H,24,27)(H,29,30). The second-order valence-electron chi connectivity index (χ2n) is 6.85. The summed E-state index contributed by atoms with van der Waals surface area (Å²) in [6, 6.07) is 4.13. The van der Waals surface area contributed by atoms with Crippen molar-refractivity contribution in [3.8, 4) is 0 Å². The van der Waals surface area contributed by atoms with E-state index in [0.29, 0.717) is 0 Å². The number of aliphatic carboxylic acids is 1. The highest BCUT2D eigenvalue weighted by Crippen LogP contribution is 2.03. The van der Waals surface area contributed by atoms with E-state index in [1.54, 1.807) is 24.3 Å². The summed E-state index contributed by atoms with van der Waals surface area (Å²) in [5.41, 5.74) is 11.9. The summed E-state index contributed by atoms with van der Waals surface area (Å²) < 4.78 is 0. The Hall–Kier alpha value is -2.77. The van der Waals surface area contributed by atoms with Crippen LogP contribution in [0.4, 0.5) is 0 Å². The van der Waals surface area contributed by atoms with Crippen LogP contribution in [0.15, 0.2) is 30.3 Å². The predicted molar refractivity (Wildman–Crippen MR) is 123 cm³/mol. The second-order valence-corrected chi connectivity index (χ2v) is 7.58. The van der Waals surface area contributed by atoms with E-state index >= 15 is 0 Å². The minimum atomic E-state index is -1.46. The molecule has 0 bridgehead atoms. The number of carbonyl (C=O) groups excluding carboxylic acids is 4. The quantitative estimate of drug-likeness (QED) is 0.146. The van der Waals surface area contributed by atoms with Gasteiger partial charge < -0.3 is 32.5 Å². The number of rotatable bonds is 13. The van der Waals surface area contributed by atoms with Gasteiger partial charge >= 0.3 is 5.97 Å². The number of primary amides is 1. The number of carboxylic acid groups (broad SMARTS) is 1. The van der Waals surface area contributed by atoms with E-state index < -0.39 is 60.2 Å². The van der Waals surface area contributed by atoms with Crippen LogP contribution in [0.25, 0.3) is 0 Å². The summed E-state index contributed by atoms with van der Waals surface area (Å²) in [6.07, 6.45) is -0.349. The molecule has 0 spiro atoms. The molecule has 0 heterocycles. The predicted octanol–water partition coefficient (Wildman–Crippen LogP) is -2.17. The van der Waals surface area contributed by atoms with Crippen molar-refractivity contribution in [2.75, 3.05) is 11.5 Å². The fourth-order valence-electron chi connectivity index (χ4n) is 2.57. The van der Waals surface area contributed by atoms with Crippen LogP contribution >= 0.6 is 25.3 Å². The van der Waals surface area contributed by atoms with Crippen LogP contribution in [0.2, 0.25) is 0 Å². The van der Waals surface area contributed by atoms with Crippen molar-refractivity contribution in [2.24, 2.45) is 11.5 Å². The van der Waals surface area contributed by atoms with Gasteiger partial charge in [-0.25, -0.2) is 4.79 Å². The SMILES string of the molecule is NC(=O)CC(NC(=O)C(CS)NC(=O)C(N)Cc1ccccc1)C(=O)NC(CS)C(=O)O. The lowest BCUT2D eigenvalue weighted by Gasteiger charge is -2.23. The molecule has 0 saturated heterocycles. The lowest BCUT2D eigenvalue weighted by atomic mass is 10.1. The number of nitrogens with one attached hydrogen (secondary N) is 3. The van der Waals surface area contributed by atoms with Gasteiger partial charge in [0.05, 0.1) is 12.5 Å². The number of hydrogen-bond donors (Lipinski definition) is 8. The molecule has 13 heteroatoms. The number of carbonyl (C=O) groups is 5. The van der Waals surface area contributed by atoms with Gasteiger partial charge in [0, 0.05) is 11.5 Å². The average molecular weight is 486 g/mol. The summed E-state index contributed by atoms with van der Waals surface area (Å²) >= 11 is 7.88. The molecule has 0 aromatic heterocycles. The fraction of sp³-hybridized carbons (Fsp3) is 0.421. The molecule has 11 nitrogen and oxygen atoms in total. The van der Waals surface area contributed by atoms with Gasteiger partial charge in [-0.3, -0.25) is 19.2 Å². The number of nitrogens with two attached hydrogens (primary N) is 2. The molecular formula is C19H27N5O6S2. The Morgan fingerprint density at radius 3 is 1.84 bits per heavy atom. The summed E-state index contributed by atoms with van der Waals surface area (Å²) in [4.78, 5) is 59.8. The van der Waals surface area contributed by atoms with Crippen LogP contribution in [-0.4, -0.2) is 70.4 Å². The monoisotopic (exact) mass is 485 g/mol. The molecule has 32 heavy (non-hydrogen) atoms. The molecule has 0 saturated carbocycles. The molecule has 0 aliphatic carbocycles. The first kappa shape index (κ1) is 27.3. The van der Waals surface area contributed by atoms with Crippen molar-refractivity contribution in [1.82, 2.24) is 16.0 Å². The van der Waals surface area contributed by atoms with Crippen molar-refractivity contribution in [1.29, 1.82) is 0 Å². The van der Waals surface area contributed by atoms with Gasteiger partial charge in [0.1, 0.15) is 18.1 Å². The van der Waals surface area contributed by atoms with Crippen molar-refractivity contribution in [3.05, 3.63) is 35.9 Å². The van der Waals surface area contributed by atoms with Crippen molar-refractivity contribution in [2.45, 2.75) is 37.0 Å². The maximum absolute atomic E-state index is 12.6. The molecule has 0 radical (unpaired) electrons. The molecule has 8 N–H and O–H groups in total. The Bertz CT molecular complexity index is 826. The number of thiol groups is 2. The fourth-order valence-corrected chi connectivity index (χ4v) is 3.08. The normalized spacial score (nSPS) is 14.3. The zero-order valence-corrected chi connectivity index (χ0v) is 18.9.